The van der Waals surface area contributed by atoms with Crippen LogP contribution in [0, 0.1) is 6.92 Å². The van der Waals surface area contributed by atoms with E-state index in [4.69, 9.17) is 4.74 Å². The number of pyridine rings is 1. The van der Waals surface area contributed by atoms with Gasteiger partial charge >= 0.3 is 0 Å². The van der Waals surface area contributed by atoms with Crippen LogP contribution in [0.3, 0.4) is 0 Å². The van der Waals surface area contributed by atoms with Gasteiger partial charge in [-0.15, -0.1) is 10.2 Å². The molecule has 0 aliphatic heterocycles. The number of ether oxygens (including phenoxy) is 1. The zero-order valence-electron chi connectivity index (χ0n) is 12.9. The second-order valence-electron chi connectivity index (χ2n) is 5.43. The molecular weight excluding hydrogens is 276 g/mol. The van der Waals surface area contributed by atoms with Crippen LogP contribution in [-0.4, -0.2) is 25.9 Å². The molecule has 3 rings (SSSR count). The van der Waals surface area contributed by atoms with Crippen molar-refractivity contribution in [3.63, 3.8) is 0 Å². The van der Waals surface area contributed by atoms with Gasteiger partial charge in [0.05, 0.1) is 6.10 Å². The van der Waals surface area contributed by atoms with E-state index in [1.54, 1.807) is 17.2 Å². The molecule has 0 saturated carbocycles. The van der Waals surface area contributed by atoms with Crippen LogP contribution in [0.5, 0.6) is 5.75 Å². The first-order valence-electron chi connectivity index (χ1n) is 7.22. The molecule has 22 heavy (non-hydrogen) atoms. The lowest BCUT2D eigenvalue weighted by atomic mass is 10.1. The lowest BCUT2D eigenvalue weighted by Crippen LogP contribution is -2.05. The fourth-order valence-corrected chi connectivity index (χ4v) is 2.33. The topological polar surface area (TPSA) is 52.8 Å². The van der Waals surface area contributed by atoms with Crippen molar-refractivity contribution >= 4 is 0 Å². The van der Waals surface area contributed by atoms with Crippen molar-refractivity contribution < 1.29 is 4.74 Å². The molecule has 0 fully saturated rings. The van der Waals surface area contributed by atoms with E-state index in [1.165, 1.54) is 0 Å². The van der Waals surface area contributed by atoms with Gasteiger partial charge in [0.2, 0.25) is 0 Å². The van der Waals surface area contributed by atoms with E-state index in [-0.39, 0.29) is 6.10 Å². The molecule has 0 N–H and O–H groups in total. The fourth-order valence-electron chi connectivity index (χ4n) is 2.33. The van der Waals surface area contributed by atoms with Crippen molar-refractivity contribution in [1.82, 2.24) is 19.7 Å². The quantitative estimate of drug-likeness (QED) is 0.740. The van der Waals surface area contributed by atoms with Gasteiger partial charge in [-0.2, -0.15) is 0 Å². The van der Waals surface area contributed by atoms with E-state index in [9.17, 15) is 0 Å². The average molecular weight is 294 g/mol. The molecule has 2 aromatic heterocycles. The Balaban J connectivity index is 1.94. The van der Waals surface area contributed by atoms with Crippen LogP contribution >= 0.6 is 0 Å². The molecule has 0 radical (unpaired) electrons. The lowest BCUT2D eigenvalue weighted by molar-refractivity contribution is 0.242. The van der Waals surface area contributed by atoms with Gasteiger partial charge in [0.25, 0.3) is 0 Å². The molecule has 0 atom stereocenters. The minimum Gasteiger partial charge on any atom is -0.491 e. The van der Waals surface area contributed by atoms with E-state index < -0.39 is 0 Å². The van der Waals surface area contributed by atoms with E-state index in [0.717, 1.165) is 28.3 Å². The van der Waals surface area contributed by atoms with Crippen LogP contribution in [0.15, 0.2) is 49.2 Å². The number of aromatic nitrogens is 4. The van der Waals surface area contributed by atoms with E-state index in [1.807, 2.05) is 45.2 Å². The minimum absolute atomic E-state index is 0.159. The number of aryl methyl sites for hydroxylation is 1. The molecular formula is C17H18N4O. The summed E-state index contributed by atoms with van der Waals surface area (Å²) in [6.45, 7) is 6.07. The Labute approximate surface area is 129 Å². The first-order chi connectivity index (χ1) is 10.6. The van der Waals surface area contributed by atoms with Crippen LogP contribution in [0.2, 0.25) is 0 Å². The molecule has 0 spiro atoms. The summed E-state index contributed by atoms with van der Waals surface area (Å²) in [5, 5.41) is 7.63. The van der Waals surface area contributed by atoms with E-state index >= 15 is 0 Å². The first kappa shape index (κ1) is 14.3. The Morgan fingerprint density at radius 2 is 1.82 bits per heavy atom. The third kappa shape index (κ3) is 2.98. The van der Waals surface area contributed by atoms with Crippen molar-refractivity contribution in [2.24, 2.45) is 0 Å². The smallest absolute Gasteiger partial charge is 0.142 e. The first-order valence-corrected chi connectivity index (χ1v) is 7.22. The van der Waals surface area contributed by atoms with Gasteiger partial charge in [-0.05, 0) is 50.1 Å². The molecule has 3 aromatic rings. The monoisotopic (exact) mass is 294 g/mol. The molecule has 0 saturated heterocycles. The normalized spacial score (nSPS) is 10.9. The number of benzene rings is 1. The average Bonchev–Trinajstić information content (AvgIpc) is 3.00. The number of rotatable bonds is 4. The minimum atomic E-state index is 0.159. The van der Waals surface area contributed by atoms with Gasteiger partial charge in [-0.25, -0.2) is 4.98 Å². The van der Waals surface area contributed by atoms with Crippen molar-refractivity contribution in [2.75, 3.05) is 0 Å². The third-order valence-electron chi connectivity index (χ3n) is 3.25. The summed E-state index contributed by atoms with van der Waals surface area (Å²) in [7, 11) is 0. The molecule has 1 aromatic carbocycles. The van der Waals surface area contributed by atoms with Crippen LogP contribution in [-0.2, 0) is 0 Å². The highest BCUT2D eigenvalue weighted by molar-refractivity contribution is 5.66. The highest BCUT2D eigenvalue weighted by atomic mass is 16.5. The predicted octanol–water partition coefficient (Wildman–Crippen LogP) is 3.42. The molecule has 5 nitrogen and oxygen atoms in total. The Kier molecular flexibility index (Phi) is 3.87. The van der Waals surface area contributed by atoms with E-state index in [0.29, 0.717) is 0 Å². The standard InChI is InChI=1S/C17H18N4O/c1-12(2)22-16-6-4-5-14(8-16)15-7-13(3)17(18-9-15)21-10-19-20-11-21/h4-12H,1-3H3. The number of hydrogen-bond acceptors (Lipinski definition) is 4. The van der Waals surface area contributed by atoms with Gasteiger partial charge < -0.3 is 4.74 Å². The maximum absolute atomic E-state index is 5.75. The Hall–Kier alpha value is -2.69. The third-order valence-corrected chi connectivity index (χ3v) is 3.25. The van der Waals surface area contributed by atoms with Crippen molar-refractivity contribution in [2.45, 2.75) is 26.9 Å². The van der Waals surface area contributed by atoms with Gasteiger partial charge in [-0.1, -0.05) is 12.1 Å². The maximum Gasteiger partial charge on any atom is 0.142 e. The summed E-state index contributed by atoms with van der Waals surface area (Å²) < 4.78 is 7.55. The largest absolute Gasteiger partial charge is 0.491 e. The van der Waals surface area contributed by atoms with Crippen molar-refractivity contribution in [1.29, 1.82) is 0 Å². The van der Waals surface area contributed by atoms with Crippen molar-refractivity contribution in [3.05, 3.63) is 54.7 Å². The molecule has 5 heteroatoms. The van der Waals surface area contributed by atoms with Crippen molar-refractivity contribution in [3.8, 4) is 22.7 Å². The van der Waals surface area contributed by atoms with E-state index in [2.05, 4.69) is 27.3 Å². The molecule has 112 valence electrons. The second-order valence-corrected chi connectivity index (χ2v) is 5.43. The Bertz CT molecular complexity index is 766. The number of nitrogens with zero attached hydrogens (tertiary/aromatic N) is 4. The zero-order chi connectivity index (χ0) is 15.5. The maximum atomic E-state index is 5.75. The highest BCUT2D eigenvalue weighted by Gasteiger charge is 2.07. The Morgan fingerprint density at radius 1 is 1.05 bits per heavy atom. The molecule has 0 bridgehead atoms. The highest BCUT2D eigenvalue weighted by Crippen LogP contribution is 2.26. The lowest BCUT2D eigenvalue weighted by Gasteiger charge is -2.12. The molecule has 0 aliphatic rings. The summed E-state index contributed by atoms with van der Waals surface area (Å²) >= 11 is 0. The second kappa shape index (κ2) is 5.97. The number of hydrogen-bond donors (Lipinski definition) is 0. The molecule has 0 amide bonds. The summed E-state index contributed by atoms with van der Waals surface area (Å²) in [5.41, 5.74) is 3.21. The van der Waals surface area contributed by atoms with Crippen LogP contribution in [0.1, 0.15) is 19.4 Å². The van der Waals surface area contributed by atoms with Gasteiger partial charge in [0.15, 0.2) is 0 Å². The fraction of sp³-hybridized carbons (Fsp3) is 0.235. The van der Waals surface area contributed by atoms with Gasteiger partial charge in [0, 0.05) is 11.8 Å². The zero-order valence-corrected chi connectivity index (χ0v) is 12.9. The van der Waals surface area contributed by atoms with Crippen LogP contribution in [0.25, 0.3) is 16.9 Å². The predicted molar refractivity (Wildman–Crippen MR) is 85.1 cm³/mol. The van der Waals surface area contributed by atoms with Gasteiger partial charge in [-0.3, -0.25) is 4.57 Å². The van der Waals surface area contributed by atoms with Crippen LogP contribution < -0.4 is 4.74 Å². The summed E-state index contributed by atoms with van der Waals surface area (Å²) in [5.74, 6) is 1.70. The summed E-state index contributed by atoms with van der Waals surface area (Å²) in [6.07, 6.45) is 5.31. The Morgan fingerprint density at radius 3 is 2.50 bits per heavy atom. The molecule has 0 unspecified atom stereocenters. The van der Waals surface area contributed by atoms with Gasteiger partial charge in [0.1, 0.15) is 24.2 Å². The molecule has 2 heterocycles. The molecule has 0 aliphatic carbocycles. The summed E-state index contributed by atoms with van der Waals surface area (Å²) in [6, 6.07) is 10.2. The SMILES string of the molecule is Cc1cc(-c2cccc(OC(C)C)c2)cnc1-n1cnnc1. The van der Waals surface area contributed by atoms with Crippen LogP contribution in [0.4, 0.5) is 0 Å². The summed E-state index contributed by atoms with van der Waals surface area (Å²) in [4.78, 5) is 4.53.